The van der Waals surface area contributed by atoms with Crippen LogP contribution in [0.15, 0.2) is 0 Å². The van der Waals surface area contributed by atoms with Crippen molar-refractivity contribution in [1.29, 1.82) is 0 Å². The van der Waals surface area contributed by atoms with E-state index in [0.717, 1.165) is 0 Å². The van der Waals surface area contributed by atoms with Crippen molar-refractivity contribution in [2.24, 2.45) is 0 Å². The summed E-state index contributed by atoms with van der Waals surface area (Å²) >= 11 is 0. The maximum Gasteiger partial charge on any atom is 0.0664 e. The zero-order valence-electron chi connectivity index (χ0n) is 8.70. The van der Waals surface area contributed by atoms with Gasteiger partial charge in [0, 0.05) is 11.6 Å². The third kappa shape index (κ3) is 2.73. The van der Waals surface area contributed by atoms with Crippen molar-refractivity contribution in [3.05, 3.63) is 0 Å². The molecule has 0 heterocycles. The zero-order valence-corrected chi connectivity index (χ0v) is 8.70. The van der Waals surface area contributed by atoms with E-state index in [1.807, 2.05) is 32.7 Å². The number of nitrogens with zero attached hydrogens (tertiary/aromatic N) is 1. The van der Waals surface area contributed by atoms with E-state index in [9.17, 15) is 5.11 Å². The Morgan fingerprint density at radius 3 is 2.00 bits per heavy atom. The fraction of sp³-hybridized carbons (Fsp3) is 1.00. The summed E-state index contributed by atoms with van der Waals surface area (Å²) < 4.78 is 0. The van der Waals surface area contributed by atoms with Crippen molar-refractivity contribution in [2.75, 3.05) is 13.7 Å². The molecule has 0 radical (unpaired) electrons. The Balaban J connectivity index is 4.27. The van der Waals surface area contributed by atoms with Gasteiger partial charge in [0.2, 0.25) is 0 Å². The van der Waals surface area contributed by atoms with E-state index in [4.69, 9.17) is 5.11 Å². The van der Waals surface area contributed by atoms with Gasteiger partial charge in [0.25, 0.3) is 0 Å². The summed E-state index contributed by atoms with van der Waals surface area (Å²) in [7, 11) is 1.91. The highest BCUT2D eigenvalue weighted by molar-refractivity contribution is 4.83. The van der Waals surface area contributed by atoms with E-state index in [2.05, 4.69) is 0 Å². The number of hydrogen-bond donors (Lipinski definition) is 2. The van der Waals surface area contributed by atoms with Gasteiger partial charge in [-0.05, 0) is 34.7 Å². The molecule has 0 aromatic heterocycles. The SMILES string of the molecule is CC(O)C(C)N(C)C(C)(C)CO. The second kappa shape index (κ2) is 4.21. The van der Waals surface area contributed by atoms with Crippen LogP contribution in [0.5, 0.6) is 0 Å². The minimum absolute atomic E-state index is 0.0622. The van der Waals surface area contributed by atoms with Gasteiger partial charge in [0.1, 0.15) is 0 Å². The highest BCUT2D eigenvalue weighted by Gasteiger charge is 2.28. The number of likely N-dealkylation sites (N-methyl/N-ethyl adjacent to an activating group) is 1. The summed E-state index contributed by atoms with van der Waals surface area (Å²) in [5, 5.41) is 18.4. The molecule has 3 nitrogen and oxygen atoms in total. The summed E-state index contributed by atoms with van der Waals surface area (Å²) in [5.41, 5.74) is -0.267. The highest BCUT2D eigenvalue weighted by atomic mass is 16.3. The van der Waals surface area contributed by atoms with Crippen LogP contribution in [0.4, 0.5) is 0 Å². The molecule has 0 bridgehead atoms. The third-order valence-corrected chi connectivity index (χ3v) is 2.65. The molecule has 2 N–H and O–H groups in total. The van der Waals surface area contributed by atoms with Gasteiger partial charge in [-0.2, -0.15) is 0 Å². The lowest BCUT2D eigenvalue weighted by molar-refractivity contribution is 0.00107. The summed E-state index contributed by atoms with van der Waals surface area (Å²) in [4.78, 5) is 1.98. The van der Waals surface area contributed by atoms with Crippen LogP contribution < -0.4 is 0 Å². The predicted molar refractivity (Wildman–Crippen MR) is 50.1 cm³/mol. The van der Waals surface area contributed by atoms with Gasteiger partial charge < -0.3 is 10.2 Å². The molecule has 2 atom stereocenters. The molecule has 0 aliphatic heterocycles. The molecule has 0 aliphatic rings. The lowest BCUT2D eigenvalue weighted by Crippen LogP contribution is -2.52. The maximum absolute atomic E-state index is 9.33. The molecule has 0 saturated heterocycles. The van der Waals surface area contributed by atoms with Crippen LogP contribution in [0.25, 0.3) is 0 Å². The quantitative estimate of drug-likeness (QED) is 0.652. The van der Waals surface area contributed by atoms with E-state index in [1.165, 1.54) is 0 Å². The molecule has 0 fully saturated rings. The van der Waals surface area contributed by atoms with Crippen molar-refractivity contribution in [1.82, 2.24) is 4.90 Å². The monoisotopic (exact) mass is 175 g/mol. The molecule has 0 spiro atoms. The normalized spacial score (nSPS) is 18.0. The first-order valence-corrected chi connectivity index (χ1v) is 4.35. The molecule has 0 amide bonds. The van der Waals surface area contributed by atoms with Crippen molar-refractivity contribution >= 4 is 0 Å². The van der Waals surface area contributed by atoms with Gasteiger partial charge in [-0.15, -0.1) is 0 Å². The summed E-state index contributed by atoms with van der Waals surface area (Å²) in [6, 6.07) is 0.0622. The van der Waals surface area contributed by atoms with Gasteiger partial charge in [-0.1, -0.05) is 0 Å². The number of aliphatic hydroxyl groups is 2. The molecule has 12 heavy (non-hydrogen) atoms. The zero-order chi connectivity index (χ0) is 9.94. The Labute approximate surface area is 75.0 Å². The fourth-order valence-electron chi connectivity index (χ4n) is 0.986. The van der Waals surface area contributed by atoms with Gasteiger partial charge >= 0.3 is 0 Å². The van der Waals surface area contributed by atoms with E-state index in [0.29, 0.717) is 0 Å². The first kappa shape index (κ1) is 11.9. The van der Waals surface area contributed by atoms with Crippen LogP contribution in [-0.2, 0) is 0 Å². The summed E-state index contributed by atoms with van der Waals surface area (Å²) in [5.74, 6) is 0. The third-order valence-electron chi connectivity index (χ3n) is 2.65. The average Bonchev–Trinajstić information content (AvgIpc) is 2.01. The standard InChI is InChI=1S/C9H21NO2/c1-7(8(2)12)10(5)9(3,4)6-11/h7-8,11-12H,6H2,1-5H3. The van der Waals surface area contributed by atoms with Crippen LogP contribution in [0.1, 0.15) is 27.7 Å². The van der Waals surface area contributed by atoms with Crippen LogP contribution in [0, 0.1) is 0 Å². The highest BCUT2D eigenvalue weighted by Crippen LogP contribution is 2.16. The van der Waals surface area contributed by atoms with Crippen LogP contribution in [-0.4, -0.2) is 46.5 Å². The number of hydrogen-bond acceptors (Lipinski definition) is 3. The molecular weight excluding hydrogens is 154 g/mol. The second-order valence-electron chi connectivity index (χ2n) is 4.06. The van der Waals surface area contributed by atoms with Crippen LogP contribution in [0.2, 0.25) is 0 Å². The Bertz CT molecular complexity index is 134. The van der Waals surface area contributed by atoms with Crippen molar-refractivity contribution in [3.63, 3.8) is 0 Å². The molecule has 0 saturated carbocycles. The number of aliphatic hydroxyl groups excluding tert-OH is 2. The fourth-order valence-corrected chi connectivity index (χ4v) is 0.986. The molecule has 74 valence electrons. The summed E-state index contributed by atoms with van der Waals surface area (Å²) in [6.07, 6.45) is -0.374. The molecule has 0 rings (SSSR count). The Kier molecular flexibility index (Phi) is 4.17. The van der Waals surface area contributed by atoms with E-state index >= 15 is 0 Å². The molecule has 0 aromatic rings. The van der Waals surface area contributed by atoms with Gasteiger partial charge in [-0.3, -0.25) is 4.90 Å². The predicted octanol–water partition coefficient (Wildman–Crippen LogP) is 0.458. The van der Waals surface area contributed by atoms with Gasteiger partial charge in [0.15, 0.2) is 0 Å². The van der Waals surface area contributed by atoms with Crippen molar-refractivity contribution < 1.29 is 10.2 Å². The molecular formula is C9H21NO2. The van der Waals surface area contributed by atoms with E-state index in [1.54, 1.807) is 6.92 Å². The molecule has 2 unspecified atom stereocenters. The summed E-state index contributed by atoms with van der Waals surface area (Å²) in [6.45, 7) is 7.70. The lowest BCUT2D eigenvalue weighted by atomic mass is 10.0. The topological polar surface area (TPSA) is 43.7 Å². The minimum atomic E-state index is -0.374. The Morgan fingerprint density at radius 1 is 1.33 bits per heavy atom. The second-order valence-corrected chi connectivity index (χ2v) is 4.06. The van der Waals surface area contributed by atoms with Gasteiger partial charge in [0.05, 0.1) is 12.7 Å². The minimum Gasteiger partial charge on any atom is -0.394 e. The van der Waals surface area contributed by atoms with Crippen LogP contribution >= 0.6 is 0 Å². The Morgan fingerprint density at radius 2 is 1.75 bits per heavy atom. The first-order valence-electron chi connectivity index (χ1n) is 4.35. The maximum atomic E-state index is 9.33. The molecule has 0 aromatic carbocycles. The average molecular weight is 175 g/mol. The van der Waals surface area contributed by atoms with E-state index in [-0.39, 0.29) is 24.3 Å². The molecule has 3 heteroatoms. The van der Waals surface area contributed by atoms with Gasteiger partial charge in [-0.25, -0.2) is 0 Å². The largest absolute Gasteiger partial charge is 0.394 e. The smallest absolute Gasteiger partial charge is 0.0664 e. The van der Waals surface area contributed by atoms with E-state index < -0.39 is 0 Å². The molecule has 0 aliphatic carbocycles. The van der Waals surface area contributed by atoms with Crippen molar-refractivity contribution in [3.8, 4) is 0 Å². The van der Waals surface area contributed by atoms with Crippen molar-refractivity contribution in [2.45, 2.75) is 45.4 Å². The number of rotatable bonds is 4. The van der Waals surface area contributed by atoms with Crippen LogP contribution in [0.3, 0.4) is 0 Å². The lowest BCUT2D eigenvalue weighted by Gasteiger charge is -2.39. The first-order chi connectivity index (χ1) is 5.33. The Hall–Kier alpha value is -0.120.